The number of rotatable bonds is 7. The van der Waals surface area contributed by atoms with Crippen LogP contribution < -0.4 is 9.64 Å². The minimum Gasteiger partial charge on any atom is -0.490 e. The molecule has 228 valence electrons. The fraction of sp³-hybridized carbons (Fsp3) is 0.581. The molecule has 0 aromatic heterocycles. The van der Waals surface area contributed by atoms with Crippen molar-refractivity contribution in [2.24, 2.45) is 5.92 Å². The number of aliphatic hydroxyl groups is 1. The Labute approximate surface area is 246 Å². The van der Waals surface area contributed by atoms with E-state index >= 15 is 0 Å². The molecule has 3 rings (SSSR count). The van der Waals surface area contributed by atoms with E-state index in [9.17, 15) is 18.3 Å². The summed E-state index contributed by atoms with van der Waals surface area (Å²) in [6.07, 6.45) is 1.87. The lowest BCUT2D eigenvalue weighted by atomic mass is 10.0. The molecule has 0 unspecified atom stereocenters. The molecule has 0 bridgehead atoms. The number of hydrogen-bond donors (Lipinski definition) is 1. The summed E-state index contributed by atoms with van der Waals surface area (Å²) in [5.74, 6) is 0.0392. The highest BCUT2D eigenvalue weighted by atomic mass is 32.2. The highest BCUT2D eigenvalue weighted by molar-refractivity contribution is 7.89. The lowest BCUT2D eigenvalue weighted by Crippen LogP contribution is -2.48. The quantitative estimate of drug-likeness (QED) is 0.517. The Kier molecular flexibility index (Phi) is 11.6. The summed E-state index contributed by atoms with van der Waals surface area (Å²) in [7, 11) is 1.66. The molecule has 1 aliphatic rings. The zero-order chi connectivity index (χ0) is 30.3. The third-order valence-corrected chi connectivity index (χ3v) is 9.56. The number of aryl methyl sites for hydroxylation is 1. The maximum absolute atomic E-state index is 14.1. The minimum atomic E-state index is -3.73. The highest BCUT2D eigenvalue weighted by Gasteiger charge is 2.32. The summed E-state index contributed by atoms with van der Waals surface area (Å²) in [4.78, 5) is 17.9. The van der Waals surface area contributed by atoms with E-state index in [2.05, 4.69) is 0 Å². The van der Waals surface area contributed by atoms with Crippen LogP contribution in [0.2, 0.25) is 0 Å². The maximum Gasteiger partial charge on any atom is 0.258 e. The van der Waals surface area contributed by atoms with E-state index in [1.165, 1.54) is 4.31 Å². The number of carbonyl (C=O) groups is 1. The lowest BCUT2D eigenvalue weighted by Gasteiger charge is -2.35. The molecule has 0 fully saturated rings. The molecule has 10 heteroatoms. The Hall–Kier alpha value is -2.66. The van der Waals surface area contributed by atoms with Crippen molar-refractivity contribution in [3.63, 3.8) is 0 Å². The lowest BCUT2D eigenvalue weighted by molar-refractivity contribution is -0.00833. The van der Waals surface area contributed by atoms with Crippen LogP contribution in [-0.4, -0.2) is 94.3 Å². The normalized spacial score (nSPS) is 22.0. The van der Waals surface area contributed by atoms with Gasteiger partial charge in [0.05, 0.1) is 35.3 Å². The van der Waals surface area contributed by atoms with Gasteiger partial charge < -0.3 is 24.4 Å². The summed E-state index contributed by atoms with van der Waals surface area (Å²) in [5.41, 5.74) is 2.28. The smallest absolute Gasteiger partial charge is 0.258 e. The standard InChI is InChI=1S/C31H47N3O6S/c1-22-11-14-27(15-12-22)41(37,38)33(7)20-30-23(2)19-34(24(3)21-35)31(36)28-18-26(32(5)6)13-16-29(28)40-25(4)10-8-9-17-39-30/h11-16,18,23-25,30,35H,8-10,17,19-21H2,1-7H3/t23-,24-,25-,30-/m0/s1. The first-order chi connectivity index (χ1) is 19.3. The van der Waals surface area contributed by atoms with Gasteiger partial charge in [-0.3, -0.25) is 4.79 Å². The zero-order valence-corrected chi connectivity index (χ0v) is 26.4. The molecular formula is C31H47N3O6S. The van der Waals surface area contributed by atoms with Gasteiger partial charge in [0.1, 0.15) is 5.75 Å². The summed E-state index contributed by atoms with van der Waals surface area (Å²) >= 11 is 0. The van der Waals surface area contributed by atoms with E-state index in [0.717, 1.165) is 30.5 Å². The van der Waals surface area contributed by atoms with Crippen LogP contribution in [-0.2, 0) is 14.8 Å². The summed E-state index contributed by atoms with van der Waals surface area (Å²) in [6, 6.07) is 11.9. The first-order valence-corrected chi connectivity index (χ1v) is 15.8. The van der Waals surface area contributed by atoms with Gasteiger partial charge in [0.2, 0.25) is 10.0 Å². The topological polar surface area (TPSA) is 99.6 Å². The van der Waals surface area contributed by atoms with Crippen LogP contribution in [0.3, 0.4) is 0 Å². The molecule has 2 aromatic rings. The number of anilines is 1. The number of sulfonamides is 1. The van der Waals surface area contributed by atoms with Crippen molar-refractivity contribution < 1.29 is 27.8 Å². The van der Waals surface area contributed by atoms with Crippen LogP contribution in [0, 0.1) is 12.8 Å². The number of benzene rings is 2. The van der Waals surface area contributed by atoms with Gasteiger partial charge in [-0.05, 0) is 70.4 Å². The van der Waals surface area contributed by atoms with Gasteiger partial charge >= 0.3 is 0 Å². The van der Waals surface area contributed by atoms with E-state index in [-0.39, 0.29) is 42.5 Å². The molecule has 4 atom stereocenters. The number of aliphatic hydroxyl groups excluding tert-OH is 1. The van der Waals surface area contributed by atoms with Gasteiger partial charge in [0.25, 0.3) is 5.91 Å². The Balaban J connectivity index is 1.96. The van der Waals surface area contributed by atoms with Crippen molar-refractivity contribution in [1.82, 2.24) is 9.21 Å². The van der Waals surface area contributed by atoms with Crippen molar-refractivity contribution >= 4 is 21.6 Å². The predicted octanol–water partition coefficient (Wildman–Crippen LogP) is 4.18. The number of fused-ring (bicyclic) bond motifs is 1. The van der Waals surface area contributed by atoms with Gasteiger partial charge in [0, 0.05) is 52.4 Å². The summed E-state index contributed by atoms with van der Waals surface area (Å²) in [6.45, 7) is 8.32. The highest BCUT2D eigenvalue weighted by Crippen LogP contribution is 2.29. The Morgan fingerprint density at radius 1 is 1.07 bits per heavy atom. The van der Waals surface area contributed by atoms with Crippen LogP contribution in [0.1, 0.15) is 56.0 Å². The number of hydrogen-bond acceptors (Lipinski definition) is 7. The van der Waals surface area contributed by atoms with Crippen LogP contribution in [0.15, 0.2) is 47.4 Å². The zero-order valence-electron chi connectivity index (χ0n) is 25.5. The second kappa shape index (κ2) is 14.5. The number of ether oxygens (including phenoxy) is 2. The monoisotopic (exact) mass is 589 g/mol. The van der Waals surface area contributed by atoms with E-state index in [0.29, 0.717) is 17.9 Å². The van der Waals surface area contributed by atoms with Gasteiger partial charge in [0.15, 0.2) is 0 Å². The molecule has 0 saturated carbocycles. The molecule has 1 aliphatic heterocycles. The van der Waals surface area contributed by atoms with Crippen molar-refractivity contribution in [1.29, 1.82) is 0 Å². The molecular weight excluding hydrogens is 542 g/mol. The van der Waals surface area contributed by atoms with Gasteiger partial charge in [-0.2, -0.15) is 4.31 Å². The molecule has 0 radical (unpaired) electrons. The van der Waals surface area contributed by atoms with Crippen molar-refractivity contribution in [2.45, 2.75) is 70.1 Å². The molecule has 9 nitrogen and oxygen atoms in total. The summed E-state index contributed by atoms with van der Waals surface area (Å²) < 4.78 is 40.6. The molecule has 2 aromatic carbocycles. The van der Waals surface area contributed by atoms with Crippen LogP contribution in [0.25, 0.3) is 0 Å². The predicted molar refractivity (Wildman–Crippen MR) is 162 cm³/mol. The third-order valence-electron chi connectivity index (χ3n) is 7.72. The average molecular weight is 590 g/mol. The molecule has 0 spiro atoms. The van der Waals surface area contributed by atoms with E-state index in [1.54, 1.807) is 43.1 Å². The van der Waals surface area contributed by atoms with E-state index in [1.807, 2.05) is 58.0 Å². The van der Waals surface area contributed by atoms with Gasteiger partial charge in [-0.15, -0.1) is 0 Å². The first-order valence-electron chi connectivity index (χ1n) is 14.4. The fourth-order valence-electron chi connectivity index (χ4n) is 4.89. The van der Waals surface area contributed by atoms with Crippen LogP contribution in [0.4, 0.5) is 5.69 Å². The molecule has 0 aliphatic carbocycles. The van der Waals surface area contributed by atoms with Crippen molar-refractivity contribution in [3.8, 4) is 5.75 Å². The second-order valence-corrected chi connectivity index (χ2v) is 13.5. The largest absolute Gasteiger partial charge is 0.490 e. The maximum atomic E-state index is 14.1. The second-order valence-electron chi connectivity index (χ2n) is 11.5. The third kappa shape index (κ3) is 8.44. The van der Waals surface area contributed by atoms with Gasteiger partial charge in [-0.1, -0.05) is 24.6 Å². The first kappa shape index (κ1) is 32.8. The Morgan fingerprint density at radius 2 is 1.76 bits per heavy atom. The van der Waals surface area contributed by atoms with Crippen molar-refractivity contribution in [2.75, 3.05) is 52.3 Å². The molecule has 1 N–H and O–H groups in total. The molecule has 1 amide bonds. The van der Waals surface area contributed by atoms with Crippen LogP contribution in [0.5, 0.6) is 5.75 Å². The van der Waals surface area contributed by atoms with Crippen molar-refractivity contribution in [3.05, 3.63) is 53.6 Å². The summed E-state index contributed by atoms with van der Waals surface area (Å²) in [5, 5.41) is 10.1. The number of carbonyl (C=O) groups excluding carboxylic acids is 1. The fourth-order valence-corrected chi connectivity index (χ4v) is 6.08. The number of nitrogens with zero attached hydrogens (tertiary/aromatic N) is 3. The molecule has 1 heterocycles. The molecule has 0 saturated heterocycles. The van der Waals surface area contributed by atoms with E-state index in [4.69, 9.17) is 9.47 Å². The average Bonchev–Trinajstić information content (AvgIpc) is 2.93. The Bertz CT molecular complexity index is 1250. The van der Waals surface area contributed by atoms with E-state index < -0.39 is 22.2 Å². The Morgan fingerprint density at radius 3 is 2.39 bits per heavy atom. The molecule has 41 heavy (non-hydrogen) atoms. The SMILES string of the molecule is Cc1ccc(S(=O)(=O)N(C)C[C@@H]2OCCCC[C@H](C)Oc3ccc(N(C)C)cc3C(=O)N([C@@H](C)CO)C[C@@H]2C)cc1. The van der Waals surface area contributed by atoms with Gasteiger partial charge in [-0.25, -0.2) is 8.42 Å². The minimum absolute atomic E-state index is 0.112. The number of likely N-dealkylation sites (N-methyl/N-ethyl adjacent to an activating group) is 1. The van der Waals surface area contributed by atoms with Crippen LogP contribution >= 0.6 is 0 Å². The number of amides is 1.